The fraction of sp³-hybridized carbons (Fsp3) is 0.222. The minimum atomic E-state index is -0.205. The summed E-state index contributed by atoms with van der Waals surface area (Å²) in [4.78, 5) is 18.2. The first-order chi connectivity index (χ1) is 12.5. The maximum Gasteiger partial charge on any atom is 0.247 e. The molecule has 2 aromatic heterocycles. The van der Waals surface area contributed by atoms with E-state index in [0.717, 1.165) is 10.0 Å². The molecule has 8 heteroatoms. The third-order valence-corrected chi connectivity index (χ3v) is 4.34. The molecular weight excluding hydrogens is 398 g/mol. The number of carbonyl (C=O) groups is 1. The highest BCUT2D eigenvalue weighted by atomic mass is 79.9. The van der Waals surface area contributed by atoms with E-state index in [1.807, 2.05) is 55.3 Å². The number of pyridine rings is 1. The number of anilines is 1. The highest BCUT2D eigenvalue weighted by Crippen LogP contribution is 2.22. The topological polar surface area (TPSA) is 84.2 Å². The van der Waals surface area contributed by atoms with Crippen molar-refractivity contribution in [3.63, 3.8) is 0 Å². The lowest BCUT2D eigenvalue weighted by molar-refractivity contribution is -0.117. The number of benzene rings is 1. The van der Waals surface area contributed by atoms with Crippen molar-refractivity contribution >= 4 is 27.7 Å². The number of nitrogens with one attached hydrogen (secondary N) is 1. The fourth-order valence-electron chi connectivity index (χ4n) is 2.28. The van der Waals surface area contributed by atoms with Gasteiger partial charge in [0.25, 0.3) is 0 Å². The highest BCUT2D eigenvalue weighted by molar-refractivity contribution is 9.10. The second kappa shape index (κ2) is 8.20. The smallest absolute Gasteiger partial charge is 0.247 e. The molecule has 26 heavy (non-hydrogen) atoms. The lowest BCUT2D eigenvalue weighted by Gasteiger charge is -2.20. The first-order valence-electron chi connectivity index (χ1n) is 8.03. The van der Waals surface area contributed by atoms with Gasteiger partial charge in [0.1, 0.15) is 5.82 Å². The average Bonchev–Trinajstić information content (AvgIpc) is 3.14. The van der Waals surface area contributed by atoms with Crippen LogP contribution in [-0.4, -0.2) is 39.6 Å². The molecule has 1 unspecified atom stereocenters. The van der Waals surface area contributed by atoms with Crippen LogP contribution in [0.5, 0.6) is 0 Å². The molecule has 0 saturated carbocycles. The van der Waals surface area contributed by atoms with E-state index in [-0.39, 0.29) is 18.5 Å². The molecule has 7 nitrogen and oxygen atoms in total. The van der Waals surface area contributed by atoms with Gasteiger partial charge in [0, 0.05) is 16.2 Å². The van der Waals surface area contributed by atoms with E-state index in [4.69, 9.17) is 4.42 Å². The number of likely N-dealkylation sites (N-methyl/N-ethyl adjacent to an activating group) is 1. The van der Waals surface area contributed by atoms with Gasteiger partial charge >= 0.3 is 0 Å². The fourth-order valence-corrected chi connectivity index (χ4v) is 2.52. The quantitative estimate of drug-likeness (QED) is 0.662. The Morgan fingerprint density at radius 2 is 2.00 bits per heavy atom. The zero-order valence-corrected chi connectivity index (χ0v) is 16.0. The zero-order valence-electron chi connectivity index (χ0n) is 14.4. The monoisotopic (exact) mass is 415 g/mol. The van der Waals surface area contributed by atoms with Crippen molar-refractivity contribution in [1.82, 2.24) is 20.1 Å². The second-order valence-corrected chi connectivity index (χ2v) is 6.73. The number of halogens is 1. The normalized spacial score (nSPS) is 12.2. The number of nitrogens with zero attached hydrogens (tertiary/aromatic N) is 4. The van der Waals surface area contributed by atoms with E-state index in [1.54, 1.807) is 12.3 Å². The molecule has 0 aliphatic rings. The third-order valence-electron chi connectivity index (χ3n) is 3.87. The number of rotatable bonds is 6. The molecule has 3 rings (SSSR count). The Balaban J connectivity index is 1.60. The Bertz CT molecular complexity index is 867. The van der Waals surface area contributed by atoms with Crippen LogP contribution < -0.4 is 5.32 Å². The number of carbonyl (C=O) groups excluding carboxylic acids is 1. The molecule has 0 bridgehead atoms. The highest BCUT2D eigenvalue weighted by Gasteiger charge is 2.21. The van der Waals surface area contributed by atoms with Gasteiger partial charge in [0.05, 0.1) is 12.6 Å². The maximum atomic E-state index is 12.2. The summed E-state index contributed by atoms with van der Waals surface area (Å²) < 4.78 is 6.61. The third kappa shape index (κ3) is 4.53. The Kier molecular flexibility index (Phi) is 5.75. The van der Waals surface area contributed by atoms with Crippen LogP contribution in [0.3, 0.4) is 0 Å². The number of hydrogen-bond donors (Lipinski definition) is 1. The van der Waals surface area contributed by atoms with E-state index in [2.05, 4.69) is 36.4 Å². The minimum absolute atomic E-state index is 0.169. The minimum Gasteiger partial charge on any atom is -0.419 e. The van der Waals surface area contributed by atoms with E-state index in [9.17, 15) is 4.79 Å². The molecule has 1 N–H and O–H groups in total. The van der Waals surface area contributed by atoms with Gasteiger partial charge in [-0.3, -0.25) is 9.69 Å². The van der Waals surface area contributed by atoms with Crippen LogP contribution in [-0.2, 0) is 4.79 Å². The summed E-state index contributed by atoms with van der Waals surface area (Å²) in [7, 11) is 1.83. The van der Waals surface area contributed by atoms with Crippen LogP contribution in [0.4, 0.5) is 5.82 Å². The molecule has 3 aromatic rings. The van der Waals surface area contributed by atoms with Crippen LogP contribution in [0.15, 0.2) is 57.6 Å². The van der Waals surface area contributed by atoms with Gasteiger partial charge in [-0.05, 0) is 54.2 Å². The summed E-state index contributed by atoms with van der Waals surface area (Å²) in [6.07, 6.45) is 1.63. The summed E-state index contributed by atoms with van der Waals surface area (Å²) in [5.74, 6) is 1.26. The summed E-state index contributed by atoms with van der Waals surface area (Å²) in [5.41, 5.74) is 0.861. The van der Waals surface area contributed by atoms with Crippen LogP contribution in [0.25, 0.3) is 11.5 Å². The Labute approximate surface area is 159 Å². The van der Waals surface area contributed by atoms with E-state index in [1.165, 1.54) is 0 Å². The Morgan fingerprint density at radius 1 is 1.23 bits per heavy atom. The van der Waals surface area contributed by atoms with Gasteiger partial charge in [0.15, 0.2) is 0 Å². The first kappa shape index (κ1) is 18.2. The summed E-state index contributed by atoms with van der Waals surface area (Å²) >= 11 is 3.31. The largest absolute Gasteiger partial charge is 0.419 e. The van der Waals surface area contributed by atoms with Crippen molar-refractivity contribution in [3.8, 4) is 11.5 Å². The van der Waals surface area contributed by atoms with E-state index < -0.39 is 0 Å². The van der Waals surface area contributed by atoms with Gasteiger partial charge in [-0.2, -0.15) is 0 Å². The lowest BCUT2D eigenvalue weighted by atomic mass is 10.2. The van der Waals surface area contributed by atoms with Gasteiger partial charge in [-0.15, -0.1) is 10.2 Å². The average molecular weight is 416 g/mol. The molecule has 2 heterocycles. The zero-order chi connectivity index (χ0) is 18.5. The summed E-state index contributed by atoms with van der Waals surface area (Å²) in [5, 5.41) is 11.0. The molecule has 1 amide bonds. The van der Waals surface area contributed by atoms with Crippen molar-refractivity contribution in [1.29, 1.82) is 0 Å². The van der Waals surface area contributed by atoms with Gasteiger partial charge in [-0.25, -0.2) is 4.98 Å². The molecule has 134 valence electrons. The van der Waals surface area contributed by atoms with Crippen molar-refractivity contribution in [2.24, 2.45) is 0 Å². The van der Waals surface area contributed by atoms with Crippen LogP contribution in [0.1, 0.15) is 18.9 Å². The summed E-state index contributed by atoms with van der Waals surface area (Å²) in [6, 6.07) is 12.9. The van der Waals surface area contributed by atoms with Crippen molar-refractivity contribution < 1.29 is 9.21 Å². The summed E-state index contributed by atoms with van der Waals surface area (Å²) in [6.45, 7) is 2.08. The van der Waals surface area contributed by atoms with Crippen LogP contribution in [0, 0.1) is 0 Å². The molecule has 0 fully saturated rings. The Hall–Kier alpha value is -2.58. The second-order valence-electron chi connectivity index (χ2n) is 5.81. The number of amides is 1. The standard InChI is InChI=1S/C18H18BrN5O2/c1-12(17-22-23-18(26-17)13-6-4-3-5-7-13)24(2)11-16(25)21-15-9-8-14(19)10-20-15/h3-10,12H,11H2,1-2H3,(H,20,21,25). The molecule has 0 radical (unpaired) electrons. The lowest BCUT2D eigenvalue weighted by Crippen LogP contribution is -2.32. The molecule has 1 atom stereocenters. The maximum absolute atomic E-state index is 12.2. The predicted octanol–water partition coefficient (Wildman–Crippen LogP) is 3.53. The van der Waals surface area contributed by atoms with Gasteiger partial charge < -0.3 is 9.73 Å². The molecule has 0 spiro atoms. The molecule has 0 aliphatic carbocycles. The molecular formula is C18H18BrN5O2. The first-order valence-corrected chi connectivity index (χ1v) is 8.82. The van der Waals surface area contributed by atoms with Crippen LogP contribution in [0.2, 0.25) is 0 Å². The molecule has 1 aromatic carbocycles. The molecule has 0 saturated heterocycles. The number of hydrogen-bond acceptors (Lipinski definition) is 6. The molecule has 0 aliphatic heterocycles. The van der Waals surface area contributed by atoms with Crippen molar-refractivity contribution in [3.05, 3.63) is 59.0 Å². The van der Waals surface area contributed by atoms with Gasteiger partial charge in [0.2, 0.25) is 17.7 Å². The van der Waals surface area contributed by atoms with Crippen molar-refractivity contribution in [2.75, 3.05) is 18.9 Å². The van der Waals surface area contributed by atoms with Crippen molar-refractivity contribution in [2.45, 2.75) is 13.0 Å². The van der Waals surface area contributed by atoms with E-state index >= 15 is 0 Å². The SMILES string of the molecule is CC(c1nnc(-c2ccccc2)o1)N(C)CC(=O)Nc1ccc(Br)cn1. The van der Waals surface area contributed by atoms with E-state index in [0.29, 0.717) is 17.6 Å². The number of aromatic nitrogens is 3. The van der Waals surface area contributed by atoms with Gasteiger partial charge in [-0.1, -0.05) is 18.2 Å². The van der Waals surface area contributed by atoms with Crippen LogP contribution >= 0.6 is 15.9 Å². The Morgan fingerprint density at radius 3 is 2.69 bits per heavy atom. The predicted molar refractivity (Wildman–Crippen MR) is 101 cm³/mol.